The lowest BCUT2D eigenvalue weighted by molar-refractivity contribution is 0.382. The lowest BCUT2D eigenvalue weighted by Crippen LogP contribution is -1.86. The van der Waals surface area contributed by atoms with E-state index in [2.05, 4.69) is 6.07 Å². The fourth-order valence-corrected chi connectivity index (χ4v) is 0.821. The standard InChI is InChI=1S/C8H9O3/c1-5-3-6(9)7(10)4-8(5)11-2/h3,9-10H,1-2H3. The van der Waals surface area contributed by atoms with Gasteiger partial charge in [-0.05, 0) is 18.6 Å². The fourth-order valence-electron chi connectivity index (χ4n) is 0.821. The van der Waals surface area contributed by atoms with E-state index in [1.165, 1.54) is 13.2 Å². The largest absolute Gasteiger partial charge is 0.504 e. The summed E-state index contributed by atoms with van der Waals surface area (Å²) in [5.74, 6) is -0.0175. The molecule has 0 saturated heterocycles. The molecule has 3 heteroatoms. The van der Waals surface area contributed by atoms with Crippen LogP contribution in [0.4, 0.5) is 0 Å². The Kier molecular flexibility index (Phi) is 1.89. The van der Waals surface area contributed by atoms with Crippen molar-refractivity contribution in [3.63, 3.8) is 0 Å². The molecule has 0 unspecified atom stereocenters. The van der Waals surface area contributed by atoms with E-state index in [1.807, 2.05) is 0 Å². The van der Waals surface area contributed by atoms with E-state index in [0.29, 0.717) is 5.75 Å². The predicted octanol–water partition coefficient (Wildman–Crippen LogP) is 1.22. The number of phenols is 2. The fraction of sp³-hybridized carbons (Fsp3) is 0.250. The molecule has 1 rings (SSSR count). The molecule has 59 valence electrons. The molecule has 1 aromatic rings. The van der Waals surface area contributed by atoms with Gasteiger partial charge in [-0.3, -0.25) is 0 Å². The van der Waals surface area contributed by atoms with Crippen molar-refractivity contribution in [3.8, 4) is 17.2 Å². The maximum atomic E-state index is 8.98. The highest BCUT2D eigenvalue weighted by Gasteiger charge is 2.04. The highest BCUT2D eigenvalue weighted by molar-refractivity contribution is 5.47. The number of rotatable bonds is 1. The van der Waals surface area contributed by atoms with Crippen molar-refractivity contribution >= 4 is 0 Å². The van der Waals surface area contributed by atoms with Crippen LogP contribution in [0.2, 0.25) is 0 Å². The summed E-state index contributed by atoms with van der Waals surface area (Å²) in [6, 6.07) is 3.90. The summed E-state index contributed by atoms with van der Waals surface area (Å²) < 4.78 is 4.85. The van der Waals surface area contributed by atoms with Gasteiger partial charge >= 0.3 is 0 Å². The highest BCUT2D eigenvalue weighted by Crippen LogP contribution is 2.31. The predicted molar refractivity (Wildman–Crippen MR) is 39.9 cm³/mol. The zero-order valence-electron chi connectivity index (χ0n) is 6.38. The van der Waals surface area contributed by atoms with Crippen molar-refractivity contribution in [3.05, 3.63) is 17.7 Å². The second kappa shape index (κ2) is 2.70. The van der Waals surface area contributed by atoms with Gasteiger partial charge in [0.1, 0.15) is 5.75 Å². The van der Waals surface area contributed by atoms with Crippen molar-refractivity contribution in [1.82, 2.24) is 0 Å². The number of aryl methyl sites for hydroxylation is 1. The van der Waals surface area contributed by atoms with Crippen LogP contribution < -0.4 is 4.74 Å². The van der Waals surface area contributed by atoms with Gasteiger partial charge in [-0.15, -0.1) is 0 Å². The first kappa shape index (κ1) is 7.72. The first-order valence-electron chi connectivity index (χ1n) is 3.14. The molecule has 0 bridgehead atoms. The Morgan fingerprint density at radius 2 is 2.09 bits per heavy atom. The van der Waals surface area contributed by atoms with E-state index >= 15 is 0 Å². The minimum absolute atomic E-state index is 0.177. The van der Waals surface area contributed by atoms with E-state index in [0.717, 1.165) is 5.56 Å². The smallest absolute Gasteiger partial charge is 0.169 e. The Morgan fingerprint density at radius 1 is 1.45 bits per heavy atom. The molecule has 0 aliphatic heterocycles. The van der Waals surface area contributed by atoms with Gasteiger partial charge in [-0.1, -0.05) is 0 Å². The van der Waals surface area contributed by atoms with Gasteiger partial charge in [-0.25, -0.2) is 0 Å². The van der Waals surface area contributed by atoms with Gasteiger partial charge in [-0.2, -0.15) is 0 Å². The Balaban J connectivity index is 3.21. The van der Waals surface area contributed by atoms with Crippen LogP contribution in [0.1, 0.15) is 5.56 Å². The number of hydrogen-bond donors (Lipinski definition) is 2. The SMILES string of the molecule is COc1[c]c(O)c(O)cc1C. The molecule has 0 heterocycles. The first-order chi connectivity index (χ1) is 5.15. The van der Waals surface area contributed by atoms with E-state index in [4.69, 9.17) is 14.9 Å². The van der Waals surface area contributed by atoms with Crippen molar-refractivity contribution < 1.29 is 14.9 Å². The number of aromatic hydroxyl groups is 2. The average molecular weight is 153 g/mol. The zero-order chi connectivity index (χ0) is 8.43. The Morgan fingerprint density at radius 3 is 2.64 bits per heavy atom. The molecule has 0 atom stereocenters. The summed E-state index contributed by atoms with van der Waals surface area (Å²) in [5.41, 5.74) is 0.739. The summed E-state index contributed by atoms with van der Waals surface area (Å²) in [5, 5.41) is 18.0. The van der Waals surface area contributed by atoms with Gasteiger partial charge in [0, 0.05) is 0 Å². The molecule has 0 saturated carbocycles. The van der Waals surface area contributed by atoms with Crippen molar-refractivity contribution in [2.24, 2.45) is 0 Å². The van der Waals surface area contributed by atoms with Gasteiger partial charge < -0.3 is 14.9 Å². The molecule has 0 amide bonds. The lowest BCUT2D eigenvalue weighted by atomic mass is 10.2. The number of phenolic OH excluding ortho intramolecular Hbond substituents is 2. The van der Waals surface area contributed by atoms with Crippen LogP contribution in [0, 0.1) is 13.0 Å². The number of ether oxygens (including phenoxy) is 1. The van der Waals surface area contributed by atoms with Crippen LogP contribution in [-0.2, 0) is 0 Å². The molecular formula is C8H9O3. The summed E-state index contributed by atoms with van der Waals surface area (Å²) in [6.45, 7) is 1.76. The summed E-state index contributed by atoms with van der Waals surface area (Å²) >= 11 is 0. The molecule has 0 fully saturated rings. The van der Waals surface area contributed by atoms with Crippen LogP contribution in [0.3, 0.4) is 0 Å². The molecule has 0 aromatic heterocycles. The molecule has 0 spiro atoms. The van der Waals surface area contributed by atoms with E-state index < -0.39 is 0 Å². The van der Waals surface area contributed by atoms with E-state index in [9.17, 15) is 0 Å². The molecule has 0 aliphatic rings. The summed E-state index contributed by atoms with van der Waals surface area (Å²) in [6.07, 6.45) is 0. The third kappa shape index (κ3) is 1.37. The summed E-state index contributed by atoms with van der Waals surface area (Å²) in [7, 11) is 1.48. The van der Waals surface area contributed by atoms with Crippen LogP contribution in [-0.4, -0.2) is 17.3 Å². The van der Waals surface area contributed by atoms with Crippen LogP contribution in [0.5, 0.6) is 17.2 Å². The molecular weight excluding hydrogens is 144 g/mol. The minimum atomic E-state index is -0.285. The number of benzene rings is 1. The third-order valence-corrected chi connectivity index (χ3v) is 1.39. The highest BCUT2D eigenvalue weighted by atomic mass is 16.5. The molecule has 11 heavy (non-hydrogen) atoms. The second-order valence-corrected chi connectivity index (χ2v) is 2.22. The monoisotopic (exact) mass is 153 g/mol. The number of methoxy groups -OCH3 is 1. The van der Waals surface area contributed by atoms with E-state index in [-0.39, 0.29) is 11.5 Å². The molecule has 2 N–H and O–H groups in total. The van der Waals surface area contributed by atoms with Crippen LogP contribution in [0.15, 0.2) is 6.07 Å². The van der Waals surface area contributed by atoms with Gasteiger partial charge in [0.05, 0.1) is 13.2 Å². The quantitative estimate of drug-likeness (QED) is 0.596. The topological polar surface area (TPSA) is 49.7 Å². The summed E-state index contributed by atoms with van der Waals surface area (Å²) in [4.78, 5) is 0. The zero-order valence-corrected chi connectivity index (χ0v) is 6.38. The maximum absolute atomic E-state index is 8.98. The van der Waals surface area contributed by atoms with Crippen LogP contribution in [0.25, 0.3) is 0 Å². The van der Waals surface area contributed by atoms with Crippen molar-refractivity contribution in [2.45, 2.75) is 6.92 Å². The molecule has 1 radical (unpaired) electrons. The second-order valence-electron chi connectivity index (χ2n) is 2.22. The first-order valence-corrected chi connectivity index (χ1v) is 3.14. The molecule has 0 aliphatic carbocycles. The maximum Gasteiger partial charge on any atom is 0.169 e. The Hall–Kier alpha value is -1.38. The lowest BCUT2D eigenvalue weighted by Gasteiger charge is -2.04. The van der Waals surface area contributed by atoms with Gasteiger partial charge in [0.25, 0.3) is 0 Å². The molecule has 3 nitrogen and oxygen atoms in total. The Bertz CT molecular complexity index is 268. The average Bonchev–Trinajstić information content (AvgIpc) is 1.97. The van der Waals surface area contributed by atoms with Crippen LogP contribution >= 0.6 is 0 Å². The van der Waals surface area contributed by atoms with Crippen molar-refractivity contribution in [2.75, 3.05) is 7.11 Å². The molecule has 1 aromatic carbocycles. The Labute approximate surface area is 64.9 Å². The number of hydrogen-bond acceptors (Lipinski definition) is 3. The van der Waals surface area contributed by atoms with E-state index in [1.54, 1.807) is 6.92 Å². The minimum Gasteiger partial charge on any atom is -0.504 e. The normalized spacial score (nSPS) is 9.64. The van der Waals surface area contributed by atoms with Gasteiger partial charge in [0.15, 0.2) is 11.5 Å². The third-order valence-electron chi connectivity index (χ3n) is 1.39. The van der Waals surface area contributed by atoms with Crippen molar-refractivity contribution in [1.29, 1.82) is 0 Å². The van der Waals surface area contributed by atoms with Gasteiger partial charge in [0.2, 0.25) is 0 Å².